The molecule has 0 bridgehead atoms. The van der Waals surface area contributed by atoms with E-state index in [9.17, 15) is 29.0 Å². The molecule has 13 heteroatoms. The number of thiophene rings is 1. The third-order valence-electron chi connectivity index (χ3n) is 7.90. The van der Waals surface area contributed by atoms with Crippen molar-refractivity contribution in [3.8, 4) is 21.9 Å². The lowest BCUT2D eigenvalue weighted by Crippen LogP contribution is -2.41. The molecule has 1 fully saturated rings. The summed E-state index contributed by atoms with van der Waals surface area (Å²) in [6.07, 6.45) is 2.05. The molecule has 3 amide bonds. The third kappa shape index (κ3) is 6.28. The van der Waals surface area contributed by atoms with Gasteiger partial charge in [-0.2, -0.15) is 0 Å². The Hall–Kier alpha value is -5.24. The number of hydrogen-bond acceptors (Lipinski definition) is 8. The fourth-order valence-corrected chi connectivity index (χ4v) is 6.12. The summed E-state index contributed by atoms with van der Waals surface area (Å²) in [6, 6.07) is 18.4. The summed E-state index contributed by atoms with van der Waals surface area (Å²) in [5.41, 5.74) is 6.23. The third-order valence-corrected chi connectivity index (χ3v) is 9.08. The van der Waals surface area contributed by atoms with Crippen LogP contribution in [0.5, 0.6) is 11.5 Å². The van der Waals surface area contributed by atoms with Crippen molar-refractivity contribution in [2.45, 2.75) is 18.9 Å². The van der Waals surface area contributed by atoms with Gasteiger partial charge in [0.1, 0.15) is 17.0 Å². The molecule has 0 unspecified atom stereocenters. The molecule has 1 aliphatic carbocycles. The number of anilines is 2. The SMILES string of the molecule is NC(=O)C1(C(=O)N(c2ccc(F)cc2)c2ccc(Oc3ccnc4cc(-c5ccc(C(=O)NC(CO)CO)cc5)sc34)c(F)c2)CC1. The number of hydrogen-bond donors (Lipinski definition) is 4. The average molecular weight is 659 g/mol. The topological polar surface area (TPSA) is 155 Å². The number of nitrogens with one attached hydrogen (secondary N) is 1. The molecule has 10 nitrogen and oxygen atoms in total. The zero-order chi connectivity index (χ0) is 33.3. The Morgan fingerprint density at radius 3 is 2.23 bits per heavy atom. The first kappa shape index (κ1) is 31.7. The van der Waals surface area contributed by atoms with E-state index in [4.69, 9.17) is 10.5 Å². The largest absolute Gasteiger partial charge is 0.453 e. The number of halogens is 2. The maximum Gasteiger partial charge on any atom is 0.251 e. The first-order valence-electron chi connectivity index (χ1n) is 14.5. The molecule has 2 aromatic heterocycles. The lowest BCUT2D eigenvalue weighted by atomic mass is 10.0. The van der Waals surface area contributed by atoms with E-state index >= 15 is 4.39 Å². The van der Waals surface area contributed by atoms with Crippen LogP contribution < -0.4 is 20.7 Å². The van der Waals surface area contributed by atoms with Crippen LogP contribution >= 0.6 is 11.3 Å². The molecule has 0 saturated heterocycles. The highest BCUT2D eigenvalue weighted by molar-refractivity contribution is 7.22. The van der Waals surface area contributed by atoms with Gasteiger partial charge in [-0.3, -0.25) is 24.3 Å². The van der Waals surface area contributed by atoms with Crippen molar-refractivity contribution in [3.63, 3.8) is 0 Å². The van der Waals surface area contributed by atoms with Crippen molar-refractivity contribution in [2.75, 3.05) is 18.1 Å². The summed E-state index contributed by atoms with van der Waals surface area (Å²) < 4.78 is 35.9. The molecule has 5 aromatic rings. The Morgan fingerprint density at radius 1 is 0.936 bits per heavy atom. The number of benzene rings is 3. The van der Waals surface area contributed by atoms with Crippen LogP contribution in [0.3, 0.4) is 0 Å². The van der Waals surface area contributed by atoms with Gasteiger partial charge in [0.15, 0.2) is 11.6 Å². The van der Waals surface area contributed by atoms with Gasteiger partial charge in [0.2, 0.25) is 11.8 Å². The molecular weight excluding hydrogens is 630 g/mol. The maximum atomic E-state index is 15.6. The minimum absolute atomic E-state index is 0.109. The van der Waals surface area contributed by atoms with Gasteiger partial charge >= 0.3 is 0 Å². The minimum Gasteiger partial charge on any atom is -0.453 e. The number of aromatic nitrogens is 1. The molecule has 1 saturated carbocycles. The monoisotopic (exact) mass is 658 g/mol. The lowest BCUT2D eigenvalue weighted by molar-refractivity contribution is -0.133. The summed E-state index contributed by atoms with van der Waals surface area (Å²) >= 11 is 1.35. The molecule has 47 heavy (non-hydrogen) atoms. The zero-order valence-electron chi connectivity index (χ0n) is 24.7. The summed E-state index contributed by atoms with van der Waals surface area (Å²) in [5.74, 6) is -2.93. The zero-order valence-corrected chi connectivity index (χ0v) is 25.5. The number of nitrogens with zero attached hydrogens (tertiary/aromatic N) is 2. The number of pyridine rings is 1. The highest BCUT2D eigenvalue weighted by Crippen LogP contribution is 2.49. The van der Waals surface area contributed by atoms with E-state index in [0.717, 1.165) is 33.5 Å². The molecule has 0 aliphatic heterocycles. The van der Waals surface area contributed by atoms with Gasteiger partial charge in [0, 0.05) is 34.5 Å². The van der Waals surface area contributed by atoms with Crippen molar-refractivity contribution in [1.82, 2.24) is 10.3 Å². The normalized spacial score (nSPS) is 13.4. The van der Waals surface area contributed by atoms with Gasteiger partial charge < -0.3 is 26.0 Å². The predicted octanol–water partition coefficient (Wildman–Crippen LogP) is 5.05. The number of rotatable bonds is 11. The Labute approximate surface area is 271 Å². The number of ether oxygens (including phenoxy) is 1. The summed E-state index contributed by atoms with van der Waals surface area (Å²) in [6.45, 7) is -0.779. The highest BCUT2D eigenvalue weighted by atomic mass is 32.1. The summed E-state index contributed by atoms with van der Waals surface area (Å²) in [4.78, 5) is 44.5. The standard InChI is InChI=1S/C34H28F2N4O6S/c35-21-5-7-23(8-6-21)40(33(45)34(12-13-34)32(37)44)24-9-10-27(25(36)15-24)46-28-11-14-38-26-16-29(47-30(26)28)19-1-3-20(4-2-19)31(43)39-22(17-41)18-42/h1-11,14-16,22,41-42H,12-13,17-18H2,(H2,37,44)(H,39,43). The number of fused-ring (bicyclic) bond motifs is 1. The van der Waals surface area contributed by atoms with E-state index in [1.807, 2.05) is 6.07 Å². The van der Waals surface area contributed by atoms with Crippen LogP contribution in [0.25, 0.3) is 20.7 Å². The van der Waals surface area contributed by atoms with Gasteiger partial charge in [-0.1, -0.05) is 12.1 Å². The fraction of sp³-hybridized carbons (Fsp3) is 0.176. The smallest absolute Gasteiger partial charge is 0.251 e. The van der Waals surface area contributed by atoms with Crippen LogP contribution in [0.1, 0.15) is 23.2 Å². The second kappa shape index (κ2) is 12.9. The summed E-state index contributed by atoms with van der Waals surface area (Å²) in [5, 5.41) is 21.0. The van der Waals surface area contributed by atoms with Crippen LogP contribution in [0, 0.1) is 17.0 Å². The first-order valence-corrected chi connectivity index (χ1v) is 15.3. The van der Waals surface area contributed by atoms with Crippen molar-refractivity contribution < 1.29 is 38.1 Å². The van der Waals surface area contributed by atoms with Crippen LogP contribution in [0.4, 0.5) is 20.2 Å². The Kier molecular flexibility index (Phi) is 8.69. The molecule has 2 heterocycles. The number of carbonyl (C=O) groups is 3. The van der Waals surface area contributed by atoms with Crippen molar-refractivity contribution in [1.29, 1.82) is 0 Å². The Bertz CT molecular complexity index is 1980. The molecule has 3 aromatic carbocycles. The number of aliphatic hydroxyl groups is 2. The van der Waals surface area contributed by atoms with Gasteiger partial charge in [-0.25, -0.2) is 8.78 Å². The first-order chi connectivity index (χ1) is 22.6. The maximum absolute atomic E-state index is 15.6. The molecule has 1 aliphatic rings. The quantitative estimate of drug-likeness (QED) is 0.145. The number of nitrogens with two attached hydrogens (primary N) is 1. The number of aliphatic hydroxyl groups excluding tert-OH is 2. The number of amides is 3. The van der Waals surface area contributed by atoms with Crippen molar-refractivity contribution >= 4 is 50.6 Å². The molecule has 6 rings (SSSR count). The van der Waals surface area contributed by atoms with Crippen LogP contribution in [-0.2, 0) is 9.59 Å². The molecule has 5 N–H and O–H groups in total. The highest BCUT2D eigenvalue weighted by Gasteiger charge is 2.57. The van der Waals surface area contributed by atoms with E-state index < -0.39 is 40.8 Å². The predicted molar refractivity (Wildman–Crippen MR) is 171 cm³/mol. The molecule has 0 atom stereocenters. The average Bonchev–Trinajstić information content (AvgIpc) is 3.78. The minimum atomic E-state index is -1.41. The van der Waals surface area contributed by atoms with E-state index in [2.05, 4.69) is 10.3 Å². The van der Waals surface area contributed by atoms with Crippen molar-refractivity contribution in [2.24, 2.45) is 11.1 Å². The van der Waals surface area contributed by atoms with Crippen molar-refractivity contribution in [3.05, 3.63) is 102 Å². The van der Waals surface area contributed by atoms with E-state index in [1.54, 1.807) is 30.3 Å². The molecule has 0 spiro atoms. The van der Waals surface area contributed by atoms with E-state index in [1.165, 1.54) is 41.8 Å². The Morgan fingerprint density at radius 2 is 1.62 bits per heavy atom. The second-order valence-electron chi connectivity index (χ2n) is 11.0. The number of carbonyl (C=O) groups excluding carboxylic acids is 3. The molecule has 0 radical (unpaired) electrons. The molecule has 240 valence electrons. The van der Waals surface area contributed by atoms with E-state index in [-0.39, 0.29) is 43.2 Å². The van der Waals surface area contributed by atoms with E-state index in [0.29, 0.717) is 21.5 Å². The van der Waals surface area contributed by atoms with Crippen LogP contribution in [0.15, 0.2) is 85.1 Å². The number of primary amides is 1. The van der Waals surface area contributed by atoms with Crippen LogP contribution in [0.2, 0.25) is 0 Å². The molecular formula is C34H28F2N4O6S. The van der Waals surface area contributed by atoms with Crippen LogP contribution in [-0.4, -0.2) is 52.2 Å². The Balaban J connectivity index is 1.26. The summed E-state index contributed by atoms with van der Waals surface area (Å²) in [7, 11) is 0. The second-order valence-corrected chi connectivity index (χ2v) is 12.1. The van der Waals surface area contributed by atoms with Gasteiger partial charge in [-0.15, -0.1) is 11.3 Å². The van der Waals surface area contributed by atoms with Gasteiger partial charge in [0.25, 0.3) is 5.91 Å². The lowest BCUT2D eigenvalue weighted by Gasteiger charge is -2.26. The van der Waals surface area contributed by atoms with Gasteiger partial charge in [-0.05, 0) is 73.0 Å². The van der Waals surface area contributed by atoms with Gasteiger partial charge in [0.05, 0.1) is 35.2 Å². The fourth-order valence-electron chi connectivity index (χ4n) is 5.05.